The predicted molar refractivity (Wildman–Crippen MR) is 98.1 cm³/mol. The second kappa shape index (κ2) is 7.44. The van der Waals surface area contributed by atoms with E-state index in [1.807, 2.05) is 6.20 Å². The van der Waals surface area contributed by atoms with Crippen LogP contribution >= 0.6 is 0 Å². The number of benzene rings is 1. The maximum atomic E-state index is 13.2. The Morgan fingerprint density at radius 3 is 2.62 bits per heavy atom. The third-order valence-electron chi connectivity index (χ3n) is 5.59. The van der Waals surface area contributed by atoms with Gasteiger partial charge in [-0.05, 0) is 31.3 Å². The van der Waals surface area contributed by atoms with E-state index >= 15 is 0 Å². The van der Waals surface area contributed by atoms with E-state index in [-0.39, 0.29) is 18.0 Å². The molecule has 0 bridgehead atoms. The zero-order valence-corrected chi connectivity index (χ0v) is 15.1. The number of rotatable bonds is 4. The van der Waals surface area contributed by atoms with Gasteiger partial charge in [0, 0.05) is 63.0 Å². The normalized spacial score (nSPS) is 25.8. The lowest BCUT2D eigenvalue weighted by molar-refractivity contribution is 0.0512. The number of hydrogen-bond acceptors (Lipinski definition) is 5. The smallest absolute Gasteiger partial charge is 0.123 e. The number of likely N-dealkylation sites (N-methyl/N-ethyl adjacent to an activating group) is 1. The Balaban J connectivity index is 1.43. The molecule has 4 rings (SSSR count). The van der Waals surface area contributed by atoms with Gasteiger partial charge in [0.2, 0.25) is 0 Å². The first-order valence-corrected chi connectivity index (χ1v) is 9.21. The molecule has 140 valence electrons. The summed E-state index contributed by atoms with van der Waals surface area (Å²) in [4.78, 5) is 7.03. The molecule has 2 aromatic rings. The monoisotopic (exact) mass is 359 g/mol. The van der Waals surface area contributed by atoms with Gasteiger partial charge in [-0.1, -0.05) is 0 Å². The second-order valence-electron chi connectivity index (χ2n) is 7.45. The summed E-state index contributed by atoms with van der Waals surface area (Å²) in [6.45, 7) is 6.39. The van der Waals surface area contributed by atoms with E-state index in [0.717, 1.165) is 56.1 Å². The lowest BCUT2D eigenvalue weighted by Crippen LogP contribution is -2.52. The van der Waals surface area contributed by atoms with E-state index in [4.69, 9.17) is 0 Å². The number of aliphatic hydroxyl groups is 1. The number of nitrogens with one attached hydrogen (secondary N) is 1. The minimum absolute atomic E-state index is 0.199. The highest BCUT2D eigenvalue weighted by Gasteiger charge is 2.36. The predicted octanol–water partition coefficient (Wildman–Crippen LogP) is 1.01. The fourth-order valence-corrected chi connectivity index (χ4v) is 4.03. The molecule has 1 aromatic carbocycles. The van der Waals surface area contributed by atoms with Gasteiger partial charge in [-0.15, -0.1) is 0 Å². The van der Waals surface area contributed by atoms with E-state index in [9.17, 15) is 9.50 Å². The molecule has 3 heterocycles. The maximum Gasteiger partial charge on any atom is 0.123 e. The summed E-state index contributed by atoms with van der Waals surface area (Å²) >= 11 is 0. The summed E-state index contributed by atoms with van der Waals surface area (Å²) in [5.41, 5.74) is 2.92. The van der Waals surface area contributed by atoms with Crippen LogP contribution in [-0.2, 0) is 6.54 Å². The number of nitrogens with zero attached hydrogens (tertiary/aromatic N) is 4. The van der Waals surface area contributed by atoms with Gasteiger partial charge in [0.05, 0.1) is 18.0 Å². The van der Waals surface area contributed by atoms with Crippen LogP contribution in [0.15, 0.2) is 30.5 Å². The summed E-state index contributed by atoms with van der Waals surface area (Å²) in [5.74, 6) is -0.243. The van der Waals surface area contributed by atoms with Gasteiger partial charge < -0.3 is 10.0 Å². The topological polar surface area (TPSA) is 58.6 Å². The molecule has 2 fully saturated rings. The Kier molecular flexibility index (Phi) is 5.04. The molecule has 0 radical (unpaired) electrons. The standard InChI is InChI=1S/C19H26FN5O/c1-23-6-8-25(9-7-23)17-12-24(13-18(17)26)11-15-10-21-22-19(15)14-2-4-16(20)5-3-14/h2-5,10,17-18,26H,6-9,11-13H2,1H3,(H,21,22)/t17-,18-/m0/s1. The Morgan fingerprint density at radius 1 is 1.15 bits per heavy atom. The molecule has 2 aliphatic rings. The third kappa shape index (κ3) is 3.66. The molecule has 2 N–H and O–H groups in total. The number of piperazine rings is 1. The molecular formula is C19H26FN5O. The van der Waals surface area contributed by atoms with Crippen molar-refractivity contribution in [1.29, 1.82) is 0 Å². The molecule has 0 aliphatic carbocycles. The van der Waals surface area contributed by atoms with Gasteiger partial charge in [0.25, 0.3) is 0 Å². The van der Waals surface area contributed by atoms with Crippen LogP contribution in [0.5, 0.6) is 0 Å². The van der Waals surface area contributed by atoms with Crippen molar-refractivity contribution < 1.29 is 9.50 Å². The van der Waals surface area contributed by atoms with Gasteiger partial charge in [0.1, 0.15) is 5.82 Å². The van der Waals surface area contributed by atoms with Crippen molar-refractivity contribution in [3.05, 3.63) is 41.8 Å². The van der Waals surface area contributed by atoms with Crippen molar-refractivity contribution >= 4 is 0 Å². The first kappa shape index (κ1) is 17.6. The molecule has 26 heavy (non-hydrogen) atoms. The average Bonchev–Trinajstić information content (AvgIpc) is 3.23. The van der Waals surface area contributed by atoms with Crippen molar-refractivity contribution in [2.24, 2.45) is 0 Å². The summed E-state index contributed by atoms with van der Waals surface area (Å²) < 4.78 is 13.2. The highest BCUT2D eigenvalue weighted by atomic mass is 19.1. The van der Waals surface area contributed by atoms with Crippen molar-refractivity contribution in [3.63, 3.8) is 0 Å². The lowest BCUT2D eigenvalue weighted by atomic mass is 10.1. The highest BCUT2D eigenvalue weighted by molar-refractivity contribution is 5.62. The number of hydrogen-bond donors (Lipinski definition) is 2. The molecule has 2 atom stereocenters. The molecule has 6 nitrogen and oxygen atoms in total. The van der Waals surface area contributed by atoms with E-state index in [2.05, 4.69) is 31.9 Å². The number of halogens is 1. The fourth-order valence-electron chi connectivity index (χ4n) is 4.03. The lowest BCUT2D eigenvalue weighted by Gasteiger charge is -2.37. The Hall–Kier alpha value is -1.80. The van der Waals surface area contributed by atoms with E-state index in [1.165, 1.54) is 12.1 Å². The number of aromatic amines is 1. The fraction of sp³-hybridized carbons (Fsp3) is 0.526. The molecule has 0 unspecified atom stereocenters. The molecule has 0 saturated carbocycles. The molecule has 1 aromatic heterocycles. The Morgan fingerprint density at radius 2 is 1.88 bits per heavy atom. The van der Waals surface area contributed by atoms with E-state index in [0.29, 0.717) is 6.54 Å². The second-order valence-corrected chi connectivity index (χ2v) is 7.45. The largest absolute Gasteiger partial charge is 0.390 e. The number of β-amino-alcohol motifs (C(OH)–C–C–N with tert-alkyl or cyclic N) is 1. The van der Waals surface area contributed by atoms with Crippen LogP contribution in [0.25, 0.3) is 11.3 Å². The van der Waals surface area contributed by atoms with Crippen LogP contribution < -0.4 is 0 Å². The average molecular weight is 359 g/mol. The number of H-pyrrole nitrogens is 1. The van der Waals surface area contributed by atoms with Crippen LogP contribution in [-0.4, -0.2) is 88.5 Å². The van der Waals surface area contributed by atoms with Gasteiger partial charge in [-0.2, -0.15) is 5.10 Å². The molecule has 7 heteroatoms. The van der Waals surface area contributed by atoms with Crippen LogP contribution in [0.1, 0.15) is 5.56 Å². The van der Waals surface area contributed by atoms with Gasteiger partial charge in [-0.25, -0.2) is 4.39 Å². The van der Waals surface area contributed by atoms with Crippen LogP contribution in [0.4, 0.5) is 4.39 Å². The number of likely N-dealkylation sites (tertiary alicyclic amines) is 1. The van der Waals surface area contributed by atoms with Crippen molar-refractivity contribution in [1.82, 2.24) is 24.9 Å². The first-order valence-electron chi connectivity index (χ1n) is 9.21. The van der Waals surface area contributed by atoms with Crippen LogP contribution in [0, 0.1) is 5.82 Å². The molecular weight excluding hydrogens is 333 g/mol. The Bertz CT molecular complexity index is 726. The van der Waals surface area contributed by atoms with Gasteiger partial charge >= 0.3 is 0 Å². The number of aliphatic hydroxyl groups excluding tert-OH is 1. The summed E-state index contributed by atoms with van der Waals surface area (Å²) in [6.07, 6.45) is 1.51. The molecule has 2 aliphatic heterocycles. The minimum Gasteiger partial charge on any atom is -0.390 e. The summed E-state index contributed by atoms with van der Waals surface area (Å²) in [7, 11) is 2.14. The van der Waals surface area contributed by atoms with Crippen LogP contribution in [0.3, 0.4) is 0 Å². The zero-order chi connectivity index (χ0) is 18.1. The summed E-state index contributed by atoms with van der Waals surface area (Å²) in [5, 5.41) is 17.8. The van der Waals surface area contributed by atoms with Crippen molar-refractivity contribution in [2.75, 3.05) is 46.3 Å². The molecule has 0 spiro atoms. The zero-order valence-electron chi connectivity index (χ0n) is 15.1. The van der Waals surface area contributed by atoms with Crippen molar-refractivity contribution in [2.45, 2.75) is 18.7 Å². The molecule has 2 saturated heterocycles. The maximum absolute atomic E-state index is 13.2. The SMILES string of the molecule is CN1CCN([C@H]2CN(Cc3cn[nH]c3-c3ccc(F)cc3)C[C@@H]2O)CC1. The van der Waals surface area contributed by atoms with Crippen molar-refractivity contribution in [3.8, 4) is 11.3 Å². The summed E-state index contributed by atoms with van der Waals surface area (Å²) in [6, 6.07) is 6.65. The van der Waals surface area contributed by atoms with E-state index in [1.54, 1.807) is 12.1 Å². The van der Waals surface area contributed by atoms with Crippen LogP contribution in [0.2, 0.25) is 0 Å². The first-order chi connectivity index (χ1) is 12.6. The molecule has 0 amide bonds. The van der Waals surface area contributed by atoms with Gasteiger partial charge in [-0.3, -0.25) is 14.9 Å². The Labute approximate surface area is 153 Å². The third-order valence-corrected chi connectivity index (χ3v) is 5.59. The quantitative estimate of drug-likeness (QED) is 0.853. The van der Waals surface area contributed by atoms with Gasteiger partial charge in [0.15, 0.2) is 0 Å². The number of aromatic nitrogens is 2. The van der Waals surface area contributed by atoms with E-state index < -0.39 is 0 Å². The highest BCUT2D eigenvalue weighted by Crippen LogP contribution is 2.25. The minimum atomic E-state index is -0.320.